The number of hydrogen-bond donors (Lipinski definition) is 1. The first-order chi connectivity index (χ1) is 8.56. The number of ether oxygens (including phenoxy) is 2. The highest BCUT2D eigenvalue weighted by Gasteiger charge is 2.25. The van der Waals surface area contributed by atoms with Crippen molar-refractivity contribution in [2.75, 3.05) is 6.61 Å². The van der Waals surface area contributed by atoms with Crippen molar-refractivity contribution >= 4 is 12.1 Å². The molecule has 18 heavy (non-hydrogen) atoms. The summed E-state index contributed by atoms with van der Waals surface area (Å²) >= 11 is 0. The van der Waals surface area contributed by atoms with Crippen molar-refractivity contribution < 1.29 is 24.2 Å². The minimum Gasteiger partial charge on any atom is -0.463 e. The molecule has 0 aliphatic rings. The van der Waals surface area contributed by atoms with Gasteiger partial charge in [-0.15, -0.1) is 0 Å². The zero-order valence-electron chi connectivity index (χ0n) is 9.96. The van der Waals surface area contributed by atoms with E-state index < -0.39 is 18.2 Å². The van der Waals surface area contributed by atoms with E-state index in [2.05, 4.69) is 11.3 Å². The predicted octanol–water partition coefficient (Wildman–Crippen LogP) is 2.54. The van der Waals surface area contributed by atoms with Gasteiger partial charge in [0.2, 0.25) is 0 Å². The predicted molar refractivity (Wildman–Crippen MR) is 64.1 cm³/mol. The lowest BCUT2D eigenvalue weighted by Gasteiger charge is -2.17. The number of rotatable bonds is 5. The van der Waals surface area contributed by atoms with Gasteiger partial charge in [-0.25, -0.2) is 9.59 Å². The summed E-state index contributed by atoms with van der Waals surface area (Å²) < 4.78 is 9.46. The van der Waals surface area contributed by atoms with Crippen molar-refractivity contribution in [1.82, 2.24) is 0 Å². The summed E-state index contributed by atoms with van der Waals surface area (Å²) in [6.07, 6.45) is -2.53. The monoisotopic (exact) mass is 250 g/mol. The lowest BCUT2D eigenvalue weighted by atomic mass is 10.0. The van der Waals surface area contributed by atoms with Crippen LogP contribution >= 0.6 is 0 Å². The molecule has 1 aromatic carbocycles. The molecule has 0 aliphatic carbocycles. The Hall–Kier alpha value is -2.30. The number of esters is 1. The number of benzene rings is 1. The van der Waals surface area contributed by atoms with Gasteiger partial charge in [-0.3, -0.25) is 0 Å². The van der Waals surface area contributed by atoms with E-state index in [0.717, 1.165) is 0 Å². The fraction of sp³-hybridized carbons (Fsp3) is 0.231. The zero-order chi connectivity index (χ0) is 13.5. The molecule has 0 saturated carbocycles. The second-order valence-corrected chi connectivity index (χ2v) is 3.42. The van der Waals surface area contributed by atoms with Gasteiger partial charge in [0.05, 0.1) is 12.2 Å². The van der Waals surface area contributed by atoms with Crippen LogP contribution in [0.1, 0.15) is 18.6 Å². The Bertz CT molecular complexity index is 438. The van der Waals surface area contributed by atoms with E-state index in [4.69, 9.17) is 9.84 Å². The summed E-state index contributed by atoms with van der Waals surface area (Å²) in [5.41, 5.74) is 0.475. The third-order valence-electron chi connectivity index (χ3n) is 2.18. The molecule has 1 aromatic rings. The Labute approximate surface area is 105 Å². The Morgan fingerprint density at radius 3 is 2.44 bits per heavy atom. The molecule has 1 rings (SSSR count). The fourth-order valence-corrected chi connectivity index (χ4v) is 1.40. The van der Waals surface area contributed by atoms with Crippen LogP contribution in [-0.2, 0) is 14.3 Å². The maximum absolute atomic E-state index is 11.5. The van der Waals surface area contributed by atoms with Crippen LogP contribution in [0.5, 0.6) is 0 Å². The summed E-state index contributed by atoms with van der Waals surface area (Å²) in [6, 6.07) is 8.50. The van der Waals surface area contributed by atoms with E-state index in [0.29, 0.717) is 5.56 Å². The van der Waals surface area contributed by atoms with Gasteiger partial charge in [-0.1, -0.05) is 36.9 Å². The molecule has 5 nitrogen and oxygen atoms in total. The maximum atomic E-state index is 11.5. The molecular weight excluding hydrogens is 236 g/mol. The molecule has 1 N–H and O–H groups in total. The quantitative estimate of drug-likeness (QED) is 0.642. The molecule has 0 radical (unpaired) electrons. The van der Waals surface area contributed by atoms with E-state index >= 15 is 0 Å². The van der Waals surface area contributed by atoms with Crippen molar-refractivity contribution in [1.29, 1.82) is 0 Å². The van der Waals surface area contributed by atoms with Crippen LogP contribution in [0.15, 0.2) is 42.5 Å². The van der Waals surface area contributed by atoms with Gasteiger partial charge in [-0.2, -0.15) is 0 Å². The number of carbonyl (C=O) groups excluding carboxylic acids is 1. The second-order valence-electron chi connectivity index (χ2n) is 3.42. The van der Waals surface area contributed by atoms with Crippen molar-refractivity contribution in [3.05, 3.63) is 48.0 Å². The molecule has 0 aromatic heterocycles. The smallest absolute Gasteiger partial charge is 0.463 e. The maximum Gasteiger partial charge on any atom is 0.506 e. The van der Waals surface area contributed by atoms with E-state index in [-0.39, 0.29) is 12.2 Å². The lowest BCUT2D eigenvalue weighted by molar-refractivity contribution is -0.139. The summed E-state index contributed by atoms with van der Waals surface area (Å²) in [5, 5.41) is 8.69. The molecule has 0 heterocycles. The molecular formula is C13H14O5. The average molecular weight is 250 g/mol. The third-order valence-corrected chi connectivity index (χ3v) is 2.18. The second kappa shape index (κ2) is 6.44. The van der Waals surface area contributed by atoms with Crippen LogP contribution in [0.2, 0.25) is 0 Å². The Morgan fingerprint density at radius 1 is 1.33 bits per heavy atom. The Balaban J connectivity index is 2.95. The van der Waals surface area contributed by atoms with Gasteiger partial charge in [-0.05, 0) is 12.5 Å². The SMILES string of the molecule is C=C(C(=O)OCC)C(OC(=O)O)c1ccccc1. The largest absolute Gasteiger partial charge is 0.506 e. The molecule has 5 heteroatoms. The van der Waals surface area contributed by atoms with Gasteiger partial charge < -0.3 is 14.6 Å². The average Bonchev–Trinajstić information content (AvgIpc) is 2.36. The van der Waals surface area contributed by atoms with Crippen LogP contribution in [0.4, 0.5) is 4.79 Å². The van der Waals surface area contributed by atoms with Crippen molar-refractivity contribution in [3.63, 3.8) is 0 Å². The number of carbonyl (C=O) groups is 2. The molecule has 0 fully saturated rings. The number of hydrogen-bond acceptors (Lipinski definition) is 4. The molecule has 0 saturated heterocycles. The number of carboxylic acid groups (broad SMARTS) is 1. The topological polar surface area (TPSA) is 72.8 Å². The zero-order valence-corrected chi connectivity index (χ0v) is 9.96. The summed E-state index contributed by atoms with van der Waals surface area (Å²) in [6.45, 7) is 5.38. The third kappa shape index (κ3) is 3.62. The van der Waals surface area contributed by atoms with Crippen molar-refractivity contribution in [2.24, 2.45) is 0 Å². The fourth-order valence-electron chi connectivity index (χ4n) is 1.40. The Kier molecular flexibility index (Phi) is 4.92. The van der Waals surface area contributed by atoms with Gasteiger partial charge >= 0.3 is 12.1 Å². The molecule has 96 valence electrons. The molecule has 1 unspecified atom stereocenters. The molecule has 0 aliphatic heterocycles. The molecule has 0 amide bonds. The lowest BCUT2D eigenvalue weighted by Crippen LogP contribution is -2.18. The van der Waals surface area contributed by atoms with Crippen LogP contribution in [0.25, 0.3) is 0 Å². The van der Waals surface area contributed by atoms with E-state index in [1.54, 1.807) is 37.3 Å². The van der Waals surface area contributed by atoms with Gasteiger partial charge in [0.25, 0.3) is 0 Å². The first-order valence-corrected chi connectivity index (χ1v) is 5.36. The van der Waals surface area contributed by atoms with Gasteiger partial charge in [0.15, 0.2) is 6.10 Å². The normalized spacial score (nSPS) is 11.4. The first-order valence-electron chi connectivity index (χ1n) is 5.36. The Morgan fingerprint density at radius 2 is 1.94 bits per heavy atom. The minimum absolute atomic E-state index is 0.0505. The van der Waals surface area contributed by atoms with Gasteiger partial charge in [0.1, 0.15) is 0 Å². The van der Waals surface area contributed by atoms with Crippen LogP contribution in [0.3, 0.4) is 0 Å². The first kappa shape index (κ1) is 13.8. The van der Waals surface area contributed by atoms with Crippen LogP contribution < -0.4 is 0 Å². The highest BCUT2D eigenvalue weighted by atomic mass is 16.7. The summed E-state index contributed by atoms with van der Waals surface area (Å²) in [7, 11) is 0. The van der Waals surface area contributed by atoms with Crippen molar-refractivity contribution in [3.8, 4) is 0 Å². The summed E-state index contributed by atoms with van der Waals surface area (Å²) in [4.78, 5) is 22.2. The minimum atomic E-state index is -1.48. The highest BCUT2D eigenvalue weighted by molar-refractivity contribution is 5.89. The van der Waals surface area contributed by atoms with E-state index in [9.17, 15) is 9.59 Å². The van der Waals surface area contributed by atoms with E-state index in [1.165, 1.54) is 0 Å². The standard InChI is InChI=1S/C13H14O5/c1-3-17-12(14)9(2)11(18-13(15)16)10-7-5-4-6-8-10/h4-8,11H,2-3H2,1H3,(H,15,16). The van der Waals surface area contributed by atoms with E-state index in [1.807, 2.05) is 0 Å². The van der Waals surface area contributed by atoms with Crippen LogP contribution in [0, 0.1) is 0 Å². The van der Waals surface area contributed by atoms with Crippen molar-refractivity contribution in [2.45, 2.75) is 13.0 Å². The molecule has 0 bridgehead atoms. The summed E-state index contributed by atoms with van der Waals surface area (Å²) in [5.74, 6) is -0.674. The highest BCUT2D eigenvalue weighted by Crippen LogP contribution is 2.25. The molecule has 1 atom stereocenters. The van der Waals surface area contributed by atoms with Crippen LogP contribution in [-0.4, -0.2) is 23.8 Å². The van der Waals surface area contributed by atoms with Gasteiger partial charge in [0, 0.05) is 0 Å². The molecule has 0 spiro atoms.